The van der Waals surface area contributed by atoms with E-state index in [2.05, 4.69) is 30.4 Å². The number of aromatic nitrogens is 4. The second-order valence-corrected chi connectivity index (χ2v) is 10.7. The molecule has 0 saturated carbocycles. The molecule has 0 atom stereocenters. The Balaban J connectivity index is 1.31. The van der Waals surface area contributed by atoms with Gasteiger partial charge in [0.1, 0.15) is 29.7 Å². The molecule has 10 nitrogen and oxygen atoms in total. The number of anilines is 1. The summed E-state index contributed by atoms with van der Waals surface area (Å²) in [5, 5.41) is 11.5. The second kappa shape index (κ2) is 12.1. The van der Waals surface area contributed by atoms with Gasteiger partial charge >= 0.3 is 0 Å². The highest BCUT2D eigenvalue weighted by molar-refractivity contribution is 5.97. The van der Waals surface area contributed by atoms with Crippen molar-refractivity contribution in [1.82, 2.24) is 30.4 Å². The number of nitrogens with zero attached hydrogens (tertiary/aromatic N) is 6. The van der Waals surface area contributed by atoms with Gasteiger partial charge in [-0.15, -0.1) is 10.2 Å². The molecule has 1 amide bonds. The molecule has 3 aromatic rings. The van der Waals surface area contributed by atoms with Gasteiger partial charge in [-0.1, -0.05) is 0 Å². The van der Waals surface area contributed by atoms with Crippen molar-refractivity contribution in [3.05, 3.63) is 59.4 Å². The number of carbonyl (C=O) groups is 1. The molecular weight excluding hydrogens is 513 g/mol. The fraction of sp³-hybridized carbons (Fsp3) is 0.483. The van der Waals surface area contributed by atoms with Crippen LogP contribution in [0.3, 0.4) is 0 Å². The topological polar surface area (TPSA) is 106 Å². The lowest BCUT2D eigenvalue weighted by Gasteiger charge is -2.34. The van der Waals surface area contributed by atoms with Crippen LogP contribution < -0.4 is 19.7 Å². The monoisotopic (exact) mass is 549 g/mol. The number of amides is 1. The number of fused-ring (bicyclic) bond motifs is 1. The average Bonchev–Trinajstić information content (AvgIpc) is 2.94. The minimum Gasteiger partial charge on any atom is -0.490 e. The summed E-state index contributed by atoms with van der Waals surface area (Å²) < 4.78 is 26.8. The Morgan fingerprint density at radius 3 is 2.62 bits per heavy atom. The maximum absolute atomic E-state index is 14.3. The van der Waals surface area contributed by atoms with Crippen molar-refractivity contribution >= 4 is 11.7 Å². The molecule has 1 saturated heterocycles. The normalized spacial score (nSPS) is 15.7. The number of halogens is 1. The summed E-state index contributed by atoms with van der Waals surface area (Å²) in [4.78, 5) is 26.2. The predicted octanol–water partition coefficient (Wildman–Crippen LogP) is 4.15. The second-order valence-electron chi connectivity index (χ2n) is 10.7. The predicted molar refractivity (Wildman–Crippen MR) is 148 cm³/mol. The van der Waals surface area contributed by atoms with Crippen LogP contribution in [0.15, 0.2) is 36.8 Å². The molecule has 0 aliphatic carbocycles. The smallest absolute Gasteiger partial charge is 0.282 e. The van der Waals surface area contributed by atoms with Gasteiger partial charge in [0.25, 0.3) is 11.8 Å². The van der Waals surface area contributed by atoms with Crippen LogP contribution in [0.25, 0.3) is 0 Å². The molecule has 0 unspecified atom stereocenters. The quantitative estimate of drug-likeness (QED) is 0.444. The molecule has 1 N–H and O–H groups in total. The van der Waals surface area contributed by atoms with Gasteiger partial charge in [0.15, 0.2) is 5.82 Å². The van der Waals surface area contributed by atoms with E-state index in [0.29, 0.717) is 18.9 Å². The molecule has 2 aromatic heterocycles. The van der Waals surface area contributed by atoms with Crippen LogP contribution >= 0.6 is 0 Å². The van der Waals surface area contributed by atoms with E-state index in [1.165, 1.54) is 24.5 Å². The van der Waals surface area contributed by atoms with E-state index in [1.807, 2.05) is 40.0 Å². The van der Waals surface area contributed by atoms with Gasteiger partial charge in [-0.25, -0.2) is 9.37 Å². The number of piperidine rings is 1. The van der Waals surface area contributed by atoms with Crippen LogP contribution in [-0.4, -0.2) is 68.8 Å². The maximum atomic E-state index is 14.3. The Kier molecular flexibility index (Phi) is 8.39. The van der Waals surface area contributed by atoms with Gasteiger partial charge in [0.05, 0.1) is 5.56 Å². The lowest BCUT2D eigenvalue weighted by atomic mass is 10.1. The van der Waals surface area contributed by atoms with Crippen LogP contribution in [0.5, 0.6) is 17.4 Å². The summed E-state index contributed by atoms with van der Waals surface area (Å²) in [5.41, 5.74) is 2.37. The van der Waals surface area contributed by atoms with Gasteiger partial charge in [-0.2, -0.15) is 0 Å². The highest BCUT2D eigenvalue weighted by Gasteiger charge is 2.29. The van der Waals surface area contributed by atoms with Crippen molar-refractivity contribution in [2.24, 2.45) is 0 Å². The van der Waals surface area contributed by atoms with Gasteiger partial charge in [-0.05, 0) is 52.0 Å². The lowest BCUT2D eigenvalue weighted by Crippen LogP contribution is -2.42. The van der Waals surface area contributed by atoms with Gasteiger partial charge < -0.3 is 24.6 Å². The summed E-state index contributed by atoms with van der Waals surface area (Å²) in [5.74, 6) is 0.950. The molecule has 40 heavy (non-hydrogen) atoms. The minimum atomic E-state index is -0.519. The number of benzene rings is 1. The Labute approximate surface area is 233 Å². The summed E-state index contributed by atoms with van der Waals surface area (Å²) in [6.07, 6.45) is 5.72. The van der Waals surface area contributed by atoms with Crippen molar-refractivity contribution < 1.29 is 18.7 Å². The highest BCUT2D eigenvalue weighted by atomic mass is 19.1. The number of pyridine rings is 1. The zero-order valence-electron chi connectivity index (χ0n) is 23.4. The average molecular weight is 550 g/mol. The van der Waals surface area contributed by atoms with Crippen LogP contribution in [0, 0.1) is 5.82 Å². The molecule has 2 aliphatic heterocycles. The number of nitrogens with one attached hydrogen (secondary N) is 1. The van der Waals surface area contributed by atoms with E-state index in [-0.39, 0.29) is 41.3 Å². The molecule has 0 spiro atoms. The fourth-order valence-electron chi connectivity index (χ4n) is 5.42. The standard InChI is InChI=1S/C29H36FN7O3/c1-18(2)37(19(3)4)29(38)22-15-20(30)5-6-25(22)40-28-27(33-17-34-35-28)36-13-9-21(10-14-36)39-26-8-12-32-24-7-11-31-16-23(24)26/h5-6,8,12,15,17-19,21,31H,7,9-11,13-14,16H2,1-4H3. The number of ether oxygens (including phenoxy) is 2. The van der Waals surface area contributed by atoms with Crippen molar-refractivity contribution in [1.29, 1.82) is 0 Å². The van der Waals surface area contributed by atoms with Gasteiger partial charge in [0, 0.05) is 75.0 Å². The fourth-order valence-corrected chi connectivity index (χ4v) is 5.42. The molecular formula is C29H36FN7O3. The highest BCUT2D eigenvalue weighted by Crippen LogP contribution is 2.34. The van der Waals surface area contributed by atoms with E-state index >= 15 is 0 Å². The molecule has 11 heteroatoms. The molecule has 4 heterocycles. The summed E-state index contributed by atoms with van der Waals surface area (Å²) in [6, 6.07) is 5.71. The van der Waals surface area contributed by atoms with Gasteiger partial charge in [-0.3, -0.25) is 9.78 Å². The molecule has 5 rings (SSSR count). The van der Waals surface area contributed by atoms with Gasteiger partial charge in [0.2, 0.25) is 0 Å². The van der Waals surface area contributed by atoms with E-state index < -0.39 is 5.82 Å². The first-order valence-electron chi connectivity index (χ1n) is 13.9. The lowest BCUT2D eigenvalue weighted by molar-refractivity contribution is 0.0640. The Morgan fingerprint density at radius 2 is 1.88 bits per heavy atom. The maximum Gasteiger partial charge on any atom is 0.282 e. The molecule has 0 bridgehead atoms. The molecule has 1 fully saturated rings. The van der Waals surface area contributed by atoms with Crippen molar-refractivity contribution in [2.75, 3.05) is 24.5 Å². The first kappa shape index (κ1) is 27.7. The Hall–Kier alpha value is -3.86. The third kappa shape index (κ3) is 5.99. The largest absolute Gasteiger partial charge is 0.490 e. The van der Waals surface area contributed by atoms with Crippen molar-refractivity contribution in [2.45, 2.75) is 71.7 Å². The number of rotatable bonds is 8. The molecule has 212 valence electrons. The molecule has 2 aliphatic rings. The molecule has 1 aromatic carbocycles. The summed E-state index contributed by atoms with van der Waals surface area (Å²) >= 11 is 0. The first-order chi connectivity index (χ1) is 19.3. The third-order valence-corrected chi connectivity index (χ3v) is 7.27. The summed E-state index contributed by atoms with van der Waals surface area (Å²) in [6.45, 7) is 10.8. The van der Waals surface area contributed by atoms with Crippen LogP contribution in [0.1, 0.15) is 62.2 Å². The number of carbonyl (C=O) groups excluding carboxylic acids is 1. The SMILES string of the molecule is CC(C)N(C(=O)c1cc(F)ccc1Oc1nncnc1N1CCC(Oc2ccnc3c2CNCC3)CC1)C(C)C. The third-order valence-electron chi connectivity index (χ3n) is 7.27. The van der Waals surface area contributed by atoms with E-state index in [0.717, 1.165) is 49.4 Å². The van der Waals surface area contributed by atoms with Crippen LogP contribution in [0.2, 0.25) is 0 Å². The van der Waals surface area contributed by atoms with E-state index in [1.54, 1.807) is 4.90 Å². The van der Waals surface area contributed by atoms with E-state index in [4.69, 9.17) is 9.47 Å². The van der Waals surface area contributed by atoms with Crippen LogP contribution in [0.4, 0.5) is 10.2 Å². The van der Waals surface area contributed by atoms with Crippen LogP contribution in [-0.2, 0) is 13.0 Å². The zero-order chi connectivity index (χ0) is 28.2. The number of hydrogen-bond acceptors (Lipinski definition) is 9. The Bertz CT molecular complexity index is 1340. The summed E-state index contributed by atoms with van der Waals surface area (Å²) in [7, 11) is 0. The minimum absolute atomic E-state index is 0.0585. The van der Waals surface area contributed by atoms with Crippen molar-refractivity contribution in [3.63, 3.8) is 0 Å². The molecule has 0 radical (unpaired) electrons. The van der Waals surface area contributed by atoms with Crippen molar-refractivity contribution in [3.8, 4) is 17.4 Å². The van der Waals surface area contributed by atoms with E-state index in [9.17, 15) is 9.18 Å². The number of hydrogen-bond donors (Lipinski definition) is 1. The Morgan fingerprint density at radius 1 is 1.10 bits per heavy atom. The first-order valence-corrected chi connectivity index (χ1v) is 13.9. The zero-order valence-corrected chi connectivity index (χ0v) is 23.4.